The van der Waals surface area contributed by atoms with Crippen molar-refractivity contribution < 1.29 is 19.4 Å². The van der Waals surface area contributed by atoms with E-state index < -0.39 is 11.9 Å². The van der Waals surface area contributed by atoms with Crippen molar-refractivity contribution in [2.24, 2.45) is 5.92 Å². The number of carbonyl (C=O) groups is 1. The van der Waals surface area contributed by atoms with Gasteiger partial charge >= 0.3 is 6.09 Å². The Hall–Kier alpha value is -3.42. The Labute approximate surface area is 186 Å². The van der Waals surface area contributed by atoms with Crippen molar-refractivity contribution >= 4 is 22.8 Å². The summed E-state index contributed by atoms with van der Waals surface area (Å²) in [7, 11) is 0. The number of benzene rings is 2. The van der Waals surface area contributed by atoms with Crippen molar-refractivity contribution in [3.8, 4) is 17.1 Å². The molecule has 8 heteroatoms. The summed E-state index contributed by atoms with van der Waals surface area (Å²) in [5.41, 5.74) is 1.66. The van der Waals surface area contributed by atoms with Crippen molar-refractivity contribution in [2.75, 3.05) is 24.5 Å². The second kappa shape index (κ2) is 8.61. The molecule has 0 bridgehead atoms. The Morgan fingerprint density at radius 3 is 2.75 bits per heavy atom. The van der Waals surface area contributed by atoms with E-state index in [0.29, 0.717) is 31.0 Å². The van der Waals surface area contributed by atoms with Crippen molar-refractivity contribution in [3.05, 3.63) is 47.8 Å². The van der Waals surface area contributed by atoms with Crippen LogP contribution in [-0.2, 0) is 0 Å². The van der Waals surface area contributed by atoms with Gasteiger partial charge in [0.15, 0.2) is 5.82 Å². The van der Waals surface area contributed by atoms with Gasteiger partial charge < -0.3 is 20.0 Å². The van der Waals surface area contributed by atoms with Crippen LogP contribution < -0.4 is 4.90 Å². The monoisotopic (exact) mass is 438 g/mol. The van der Waals surface area contributed by atoms with Gasteiger partial charge in [0.1, 0.15) is 17.4 Å². The predicted molar refractivity (Wildman–Crippen MR) is 122 cm³/mol. The summed E-state index contributed by atoms with van der Waals surface area (Å²) in [5, 5.41) is 20.6. The first-order valence-electron chi connectivity index (χ1n) is 10.8. The van der Waals surface area contributed by atoms with Gasteiger partial charge in [-0.1, -0.05) is 12.1 Å². The molecule has 168 valence electrons. The number of hydrogen-bond acceptors (Lipinski definition) is 5. The molecule has 2 aromatic carbocycles. The van der Waals surface area contributed by atoms with Gasteiger partial charge in [-0.05, 0) is 62.9 Å². The average Bonchev–Trinajstić information content (AvgIpc) is 3.19. The van der Waals surface area contributed by atoms with Crippen molar-refractivity contribution in [1.29, 1.82) is 0 Å². The summed E-state index contributed by atoms with van der Waals surface area (Å²) >= 11 is 0. The summed E-state index contributed by atoms with van der Waals surface area (Å²) < 4.78 is 14.6. The molecule has 1 saturated heterocycles. The van der Waals surface area contributed by atoms with Crippen molar-refractivity contribution in [2.45, 2.75) is 33.2 Å². The number of phenolic OH excluding ortho intramolecular Hbond substituents is 1. The first kappa shape index (κ1) is 21.8. The van der Waals surface area contributed by atoms with Crippen LogP contribution in [0.5, 0.6) is 5.75 Å². The first-order valence-corrected chi connectivity index (χ1v) is 10.8. The van der Waals surface area contributed by atoms with E-state index in [1.54, 1.807) is 0 Å². The van der Waals surface area contributed by atoms with E-state index >= 15 is 0 Å². The Morgan fingerprint density at radius 2 is 2.06 bits per heavy atom. The molecule has 2 N–H and O–H groups in total. The van der Waals surface area contributed by atoms with E-state index in [1.165, 1.54) is 23.1 Å². The van der Waals surface area contributed by atoms with Gasteiger partial charge in [-0.25, -0.2) is 19.2 Å². The molecule has 1 amide bonds. The molecule has 0 saturated carbocycles. The lowest BCUT2D eigenvalue weighted by atomic mass is 10.1. The van der Waals surface area contributed by atoms with Crippen molar-refractivity contribution in [3.63, 3.8) is 0 Å². The molecule has 1 aliphatic heterocycles. The third-order valence-corrected chi connectivity index (χ3v) is 5.96. The highest BCUT2D eigenvalue weighted by atomic mass is 19.1. The van der Waals surface area contributed by atoms with Crippen LogP contribution in [0, 0.1) is 18.7 Å². The zero-order chi connectivity index (χ0) is 23.0. The fourth-order valence-corrected chi connectivity index (χ4v) is 4.27. The van der Waals surface area contributed by atoms with E-state index in [9.17, 15) is 19.4 Å². The highest BCUT2D eigenvalue weighted by Crippen LogP contribution is 2.35. The molecule has 1 aliphatic rings. The number of amides is 1. The molecule has 0 unspecified atom stereocenters. The minimum atomic E-state index is -0.918. The van der Waals surface area contributed by atoms with Gasteiger partial charge in [0.05, 0.1) is 11.1 Å². The SMILES string of the molecule is Cc1ccc2c(N3CC[C@H](CN(C(=O)O)C(C)C)C3)nc(-c3c(O)cccc3F)nc2c1. The molecule has 1 aromatic heterocycles. The van der Waals surface area contributed by atoms with Crippen LogP contribution in [0.15, 0.2) is 36.4 Å². The number of carboxylic acid groups (broad SMARTS) is 1. The minimum Gasteiger partial charge on any atom is -0.507 e. The largest absolute Gasteiger partial charge is 0.507 e. The number of hydrogen-bond donors (Lipinski definition) is 2. The highest BCUT2D eigenvalue weighted by Gasteiger charge is 2.30. The third-order valence-electron chi connectivity index (χ3n) is 5.96. The quantitative estimate of drug-likeness (QED) is 0.602. The van der Waals surface area contributed by atoms with Crippen molar-refractivity contribution in [1.82, 2.24) is 14.9 Å². The molecule has 2 heterocycles. The second-order valence-corrected chi connectivity index (χ2v) is 8.65. The number of fused-ring (bicyclic) bond motifs is 1. The molecular formula is C24H27FN4O3. The number of aryl methyl sites for hydroxylation is 1. The maximum Gasteiger partial charge on any atom is 0.407 e. The molecule has 32 heavy (non-hydrogen) atoms. The summed E-state index contributed by atoms with van der Waals surface area (Å²) in [4.78, 5) is 24.4. The van der Waals surface area contributed by atoms with Gasteiger partial charge in [0.25, 0.3) is 0 Å². The summed E-state index contributed by atoms with van der Waals surface area (Å²) in [6.07, 6.45) is -0.0903. The lowest BCUT2D eigenvalue weighted by Crippen LogP contribution is -2.40. The number of halogens is 1. The number of anilines is 1. The van der Waals surface area contributed by atoms with Gasteiger partial charge in [-0.3, -0.25) is 0 Å². The Kier molecular flexibility index (Phi) is 5.86. The molecule has 0 aliphatic carbocycles. The van der Waals surface area contributed by atoms with Gasteiger partial charge in [-0.15, -0.1) is 0 Å². The summed E-state index contributed by atoms with van der Waals surface area (Å²) in [6.45, 7) is 7.49. The number of aromatic nitrogens is 2. The molecule has 4 rings (SSSR count). The van der Waals surface area contributed by atoms with Crippen LogP contribution >= 0.6 is 0 Å². The Morgan fingerprint density at radius 1 is 1.28 bits per heavy atom. The lowest BCUT2D eigenvalue weighted by Gasteiger charge is -2.27. The highest BCUT2D eigenvalue weighted by molar-refractivity contribution is 5.92. The summed E-state index contributed by atoms with van der Waals surface area (Å²) in [5.74, 6) is 0.162. The average molecular weight is 439 g/mol. The van der Waals surface area contributed by atoms with E-state index in [0.717, 1.165) is 17.4 Å². The fourth-order valence-electron chi connectivity index (χ4n) is 4.27. The normalized spacial score (nSPS) is 16.2. The number of aromatic hydroxyl groups is 1. The van der Waals surface area contributed by atoms with Crippen LogP contribution in [0.1, 0.15) is 25.8 Å². The van der Waals surface area contributed by atoms with Crippen LogP contribution in [0.3, 0.4) is 0 Å². The topological polar surface area (TPSA) is 89.8 Å². The molecule has 3 aromatic rings. The van der Waals surface area contributed by atoms with E-state index in [1.807, 2.05) is 39.0 Å². The number of nitrogens with zero attached hydrogens (tertiary/aromatic N) is 4. The van der Waals surface area contributed by atoms with E-state index in [-0.39, 0.29) is 29.1 Å². The molecule has 0 radical (unpaired) electrons. The molecule has 0 spiro atoms. The maximum atomic E-state index is 14.6. The zero-order valence-corrected chi connectivity index (χ0v) is 18.4. The van der Waals surface area contributed by atoms with E-state index in [2.05, 4.69) is 14.9 Å². The van der Waals surface area contributed by atoms with Crippen LogP contribution in [0.2, 0.25) is 0 Å². The fraction of sp³-hybridized carbons (Fsp3) is 0.375. The smallest absolute Gasteiger partial charge is 0.407 e. The molecule has 1 atom stereocenters. The van der Waals surface area contributed by atoms with Gasteiger partial charge in [0, 0.05) is 31.1 Å². The predicted octanol–water partition coefficient (Wildman–Crippen LogP) is 4.66. The Bertz CT molecular complexity index is 1150. The first-order chi connectivity index (χ1) is 15.2. The van der Waals surface area contributed by atoms with Gasteiger partial charge in [0.2, 0.25) is 0 Å². The van der Waals surface area contributed by atoms with E-state index in [4.69, 9.17) is 0 Å². The zero-order valence-electron chi connectivity index (χ0n) is 18.4. The number of phenols is 1. The molecule has 1 fully saturated rings. The van der Waals surface area contributed by atoms with Crippen LogP contribution in [0.25, 0.3) is 22.3 Å². The molecular weight excluding hydrogens is 411 g/mol. The standard InChI is InChI=1S/C24H27FN4O3/c1-14(2)29(24(31)32)13-16-9-10-28(12-16)23-17-8-7-15(3)11-19(17)26-22(27-23)21-18(25)5-4-6-20(21)30/h4-8,11,14,16,30H,9-10,12-13H2,1-3H3,(H,31,32)/t16-/m0/s1. The van der Waals surface area contributed by atoms with Crippen LogP contribution in [-0.4, -0.2) is 56.9 Å². The number of rotatable bonds is 5. The lowest BCUT2D eigenvalue weighted by molar-refractivity contribution is 0.124. The van der Waals surface area contributed by atoms with Gasteiger partial charge in [-0.2, -0.15) is 0 Å². The van der Waals surface area contributed by atoms with Crippen LogP contribution in [0.4, 0.5) is 15.0 Å². The Balaban J connectivity index is 1.73. The summed E-state index contributed by atoms with van der Waals surface area (Å²) in [6, 6.07) is 9.88. The third kappa shape index (κ3) is 4.17. The maximum absolute atomic E-state index is 14.6. The second-order valence-electron chi connectivity index (χ2n) is 8.65. The molecule has 7 nitrogen and oxygen atoms in total. The minimum absolute atomic E-state index is 0.0234.